The van der Waals surface area contributed by atoms with Crippen LogP contribution in [-0.2, 0) is 14.8 Å². The second kappa shape index (κ2) is 10.8. The quantitative estimate of drug-likeness (QED) is 0.349. The molecule has 4 aromatic rings. The van der Waals surface area contributed by atoms with Crippen molar-refractivity contribution in [2.75, 3.05) is 11.3 Å². The molecule has 0 saturated heterocycles. The second-order valence-corrected chi connectivity index (χ2v) is 9.38. The molecule has 4 rings (SSSR count). The molecule has 8 heteroatoms. The zero-order valence-corrected chi connectivity index (χ0v) is 19.4. The van der Waals surface area contributed by atoms with Crippen LogP contribution in [0, 0.1) is 5.82 Å². The highest BCUT2D eigenvalue weighted by Crippen LogP contribution is 2.22. The third kappa shape index (κ3) is 6.45. The van der Waals surface area contributed by atoms with E-state index in [2.05, 4.69) is 10.0 Å². The molecule has 0 spiro atoms. The molecule has 35 heavy (non-hydrogen) atoms. The number of anilines is 1. The molecule has 0 atom stereocenters. The average molecular weight is 491 g/mol. The van der Waals surface area contributed by atoms with Gasteiger partial charge in [0.15, 0.2) is 6.61 Å². The maximum Gasteiger partial charge on any atom is 0.261 e. The number of halogens is 1. The minimum absolute atomic E-state index is 0.00634. The standard InChI is InChI=1S/C27H23FN2O4S/c28-22-11-13-23(14-12-22)30-35(32,33)25-17-15-24(16-18-25)34-19-26(31)29-27(20-7-3-1-4-8-20)21-9-5-2-6-10-21/h1-18,27,30H,19H2,(H,29,31). The molecule has 0 aliphatic rings. The Morgan fingerprint density at radius 3 is 1.86 bits per heavy atom. The zero-order chi connectivity index (χ0) is 24.7. The van der Waals surface area contributed by atoms with Gasteiger partial charge < -0.3 is 10.1 Å². The fourth-order valence-electron chi connectivity index (χ4n) is 3.45. The minimum Gasteiger partial charge on any atom is -0.484 e. The molecular weight excluding hydrogens is 467 g/mol. The third-order valence-electron chi connectivity index (χ3n) is 5.17. The van der Waals surface area contributed by atoms with E-state index in [1.807, 2.05) is 60.7 Å². The van der Waals surface area contributed by atoms with E-state index in [0.717, 1.165) is 11.1 Å². The summed E-state index contributed by atoms with van der Waals surface area (Å²) in [5, 5.41) is 2.99. The number of hydrogen-bond acceptors (Lipinski definition) is 4. The highest BCUT2D eigenvalue weighted by molar-refractivity contribution is 7.92. The Kier molecular flexibility index (Phi) is 7.42. The van der Waals surface area contributed by atoms with Crippen LogP contribution < -0.4 is 14.8 Å². The molecule has 0 fully saturated rings. The molecule has 0 aliphatic carbocycles. The Hall–Kier alpha value is -4.17. The molecule has 4 aromatic carbocycles. The molecule has 0 heterocycles. The maximum atomic E-state index is 13.0. The monoisotopic (exact) mass is 490 g/mol. The molecule has 6 nitrogen and oxygen atoms in total. The first kappa shape index (κ1) is 24.0. The predicted molar refractivity (Wildman–Crippen MR) is 132 cm³/mol. The van der Waals surface area contributed by atoms with Crippen LogP contribution in [0.3, 0.4) is 0 Å². The van der Waals surface area contributed by atoms with Crippen molar-refractivity contribution >= 4 is 21.6 Å². The summed E-state index contributed by atoms with van der Waals surface area (Å²) in [7, 11) is -3.86. The number of carbonyl (C=O) groups is 1. The first-order valence-electron chi connectivity index (χ1n) is 10.8. The van der Waals surface area contributed by atoms with E-state index in [0.29, 0.717) is 5.75 Å². The second-order valence-electron chi connectivity index (χ2n) is 7.69. The Morgan fingerprint density at radius 1 is 0.771 bits per heavy atom. The molecule has 178 valence electrons. The van der Waals surface area contributed by atoms with Gasteiger partial charge in [0.25, 0.3) is 15.9 Å². The number of amides is 1. The van der Waals surface area contributed by atoms with Gasteiger partial charge in [-0.25, -0.2) is 12.8 Å². The van der Waals surface area contributed by atoms with E-state index in [-0.39, 0.29) is 29.1 Å². The number of rotatable bonds is 9. The summed E-state index contributed by atoms with van der Waals surface area (Å²) in [5.74, 6) is -0.438. The van der Waals surface area contributed by atoms with Crippen molar-refractivity contribution in [3.05, 3.63) is 126 Å². The Morgan fingerprint density at radius 2 is 1.31 bits per heavy atom. The lowest BCUT2D eigenvalue weighted by Crippen LogP contribution is -2.33. The summed E-state index contributed by atoms with van der Waals surface area (Å²) in [5.41, 5.74) is 2.13. The minimum atomic E-state index is -3.86. The smallest absolute Gasteiger partial charge is 0.261 e. The highest BCUT2D eigenvalue weighted by Gasteiger charge is 2.18. The van der Waals surface area contributed by atoms with Crippen LogP contribution in [0.15, 0.2) is 114 Å². The van der Waals surface area contributed by atoms with Gasteiger partial charge in [-0.3, -0.25) is 9.52 Å². The fourth-order valence-corrected chi connectivity index (χ4v) is 4.51. The molecule has 2 N–H and O–H groups in total. The highest BCUT2D eigenvalue weighted by atomic mass is 32.2. The van der Waals surface area contributed by atoms with E-state index >= 15 is 0 Å². The van der Waals surface area contributed by atoms with Crippen LogP contribution in [0.5, 0.6) is 5.75 Å². The molecular formula is C27H23FN2O4S. The molecule has 0 aliphatic heterocycles. The van der Waals surface area contributed by atoms with Crippen LogP contribution in [0.4, 0.5) is 10.1 Å². The zero-order valence-electron chi connectivity index (χ0n) is 18.6. The topological polar surface area (TPSA) is 84.5 Å². The van der Waals surface area contributed by atoms with Gasteiger partial charge in [-0.05, 0) is 59.7 Å². The lowest BCUT2D eigenvalue weighted by Gasteiger charge is -2.20. The summed E-state index contributed by atoms with van der Waals surface area (Å²) in [4.78, 5) is 12.7. The van der Waals surface area contributed by atoms with Crippen molar-refractivity contribution in [1.82, 2.24) is 5.32 Å². The fraction of sp³-hybridized carbons (Fsp3) is 0.0741. The summed E-state index contributed by atoms with van der Waals surface area (Å²) in [6.45, 7) is -0.240. The van der Waals surface area contributed by atoms with Gasteiger partial charge in [-0.1, -0.05) is 60.7 Å². The first-order chi connectivity index (χ1) is 16.9. The molecule has 0 unspecified atom stereocenters. The normalized spacial score (nSPS) is 11.1. The summed E-state index contributed by atoms with van der Waals surface area (Å²) in [6.07, 6.45) is 0. The van der Waals surface area contributed by atoms with E-state index < -0.39 is 15.8 Å². The summed E-state index contributed by atoms with van der Waals surface area (Å²) < 4.78 is 46.1. The summed E-state index contributed by atoms with van der Waals surface area (Å²) in [6, 6.07) is 29.6. The van der Waals surface area contributed by atoms with Gasteiger partial charge in [0.1, 0.15) is 11.6 Å². The largest absolute Gasteiger partial charge is 0.484 e. The first-order valence-corrected chi connectivity index (χ1v) is 12.3. The van der Waals surface area contributed by atoms with Crippen molar-refractivity contribution < 1.29 is 22.3 Å². The van der Waals surface area contributed by atoms with Crippen LogP contribution in [0.25, 0.3) is 0 Å². The van der Waals surface area contributed by atoms with Crippen LogP contribution in [0.2, 0.25) is 0 Å². The van der Waals surface area contributed by atoms with Crippen LogP contribution in [0.1, 0.15) is 17.2 Å². The SMILES string of the molecule is O=C(COc1ccc(S(=O)(=O)Nc2ccc(F)cc2)cc1)NC(c1ccccc1)c1ccccc1. The van der Waals surface area contributed by atoms with Crippen molar-refractivity contribution in [2.45, 2.75) is 10.9 Å². The molecule has 0 aromatic heterocycles. The van der Waals surface area contributed by atoms with E-state index in [4.69, 9.17) is 4.74 Å². The number of carbonyl (C=O) groups excluding carboxylic acids is 1. The van der Waals surface area contributed by atoms with Gasteiger partial charge in [0.2, 0.25) is 0 Å². The van der Waals surface area contributed by atoms with Crippen LogP contribution in [-0.4, -0.2) is 20.9 Å². The van der Waals surface area contributed by atoms with Crippen LogP contribution >= 0.6 is 0 Å². The number of nitrogens with one attached hydrogen (secondary N) is 2. The molecule has 0 bridgehead atoms. The number of sulfonamides is 1. The summed E-state index contributed by atoms with van der Waals surface area (Å²) >= 11 is 0. The van der Waals surface area contributed by atoms with Gasteiger partial charge in [0.05, 0.1) is 10.9 Å². The Balaban J connectivity index is 1.38. The molecule has 1 amide bonds. The van der Waals surface area contributed by atoms with Crippen molar-refractivity contribution in [2.24, 2.45) is 0 Å². The van der Waals surface area contributed by atoms with E-state index in [9.17, 15) is 17.6 Å². The molecule has 0 saturated carbocycles. The van der Waals surface area contributed by atoms with E-state index in [1.54, 1.807) is 0 Å². The number of ether oxygens (including phenoxy) is 1. The third-order valence-corrected chi connectivity index (χ3v) is 6.57. The average Bonchev–Trinajstić information content (AvgIpc) is 2.88. The Bertz CT molecular complexity index is 1320. The van der Waals surface area contributed by atoms with Gasteiger partial charge in [-0.2, -0.15) is 0 Å². The van der Waals surface area contributed by atoms with Gasteiger partial charge in [-0.15, -0.1) is 0 Å². The Labute approximate surface area is 203 Å². The van der Waals surface area contributed by atoms with Crippen molar-refractivity contribution in [3.63, 3.8) is 0 Å². The maximum absolute atomic E-state index is 13.0. The number of benzene rings is 4. The van der Waals surface area contributed by atoms with Gasteiger partial charge in [0, 0.05) is 5.69 Å². The number of hydrogen-bond donors (Lipinski definition) is 2. The molecule has 0 radical (unpaired) electrons. The lowest BCUT2D eigenvalue weighted by atomic mass is 9.99. The predicted octanol–water partition coefficient (Wildman–Crippen LogP) is 4.91. The van der Waals surface area contributed by atoms with Crippen molar-refractivity contribution in [1.29, 1.82) is 0 Å². The van der Waals surface area contributed by atoms with E-state index in [1.165, 1.54) is 48.5 Å². The van der Waals surface area contributed by atoms with Crippen molar-refractivity contribution in [3.8, 4) is 5.75 Å². The van der Waals surface area contributed by atoms with Gasteiger partial charge >= 0.3 is 0 Å². The lowest BCUT2D eigenvalue weighted by molar-refractivity contribution is -0.123.